The van der Waals surface area contributed by atoms with Crippen LogP contribution in [0.1, 0.15) is 22.8 Å². The summed E-state index contributed by atoms with van der Waals surface area (Å²) in [6.45, 7) is 3.36. The number of carbonyl (C=O) groups is 2. The highest BCUT2D eigenvalue weighted by atomic mass is 32.2. The number of amides is 1. The number of phenolic OH excluding ortho intramolecular Hbond substituents is 1. The number of thioether (sulfide) groups is 1. The Labute approximate surface area is 133 Å². The highest BCUT2D eigenvalue weighted by Crippen LogP contribution is 2.26. The van der Waals surface area contributed by atoms with Crippen molar-refractivity contribution in [3.8, 4) is 5.75 Å². The maximum absolute atomic E-state index is 12.2. The summed E-state index contributed by atoms with van der Waals surface area (Å²) in [6.07, 6.45) is 0. The van der Waals surface area contributed by atoms with Crippen LogP contribution in [0.3, 0.4) is 0 Å². The molecule has 0 radical (unpaired) electrons. The number of phenols is 1. The van der Waals surface area contributed by atoms with Crippen molar-refractivity contribution >= 4 is 29.1 Å². The predicted molar refractivity (Wildman–Crippen MR) is 88.6 cm³/mol. The lowest BCUT2D eigenvalue weighted by molar-refractivity contribution is -0.114. The molecular formula is C17H17NO3S. The smallest absolute Gasteiger partial charge is 0.221 e. The van der Waals surface area contributed by atoms with Crippen molar-refractivity contribution in [1.29, 1.82) is 0 Å². The molecule has 22 heavy (non-hydrogen) atoms. The lowest BCUT2D eigenvalue weighted by Crippen LogP contribution is -2.08. The Morgan fingerprint density at radius 1 is 1.14 bits per heavy atom. The monoisotopic (exact) mass is 315 g/mol. The summed E-state index contributed by atoms with van der Waals surface area (Å²) in [5.74, 6) is -0.114. The quantitative estimate of drug-likeness (QED) is 0.502. The van der Waals surface area contributed by atoms with Gasteiger partial charge < -0.3 is 10.4 Å². The molecule has 0 saturated carbocycles. The number of ketones is 1. The van der Waals surface area contributed by atoms with E-state index in [0.717, 1.165) is 4.90 Å². The van der Waals surface area contributed by atoms with Crippen molar-refractivity contribution in [2.45, 2.75) is 18.7 Å². The van der Waals surface area contributed by atoms with Gasteiger partial charge in [-0.3, -0.25) is 9.59 Å². The number of benzene rings is 2. The van der Waals surface area contributed by atoms with Crippen molar-refractivity contribution in [2.24, 2.45) is 0 Å². The minimum atomic E-state index is -0.297. The Kier molecular flexibility index (Phi) is 5.22. The molecule has 0 saturated heterocycles. The van der Waals surface area contributed by atoms with E-state index in [1.54, 1.807) is 6.07 Å². The molecule has 0 aromatic heterocycles. The molecule has 0 heterocycles. The van der Waals surface area contributed by atoms with E-state index in [1.165, 1.54) is 36.4 Å². The molecular weight excluding hydrogens is 298 g/mol. The number of Topliss-reactive ketones (excluding diaryl/α,β-unsaturated/α-hetero) is 1. The first-order chi connectivity index (χ1) is 10.5. The largest absolute Gasteiger partial charge is 0.506 e. The second kappa shape index (κ2) is 7.13. The third kappa shape index (κ3) is 4.36. The Morgan fingerprint density at radius 3 is 2.45 bits per heavy atom. The van der Waals surface area contributed by atoms with Crippen LogP contribution in [0.2, 0.25) is 0 Å². The Morgan fingerprint density at radius 2 is 1.82 bits per heavy atom. The van der Waals surface area contributed by atoms with Gasteiger partial charge in [0.1, 0.15) is 5.75 Å². The molecule has 2 rings (SSSR count). The average molecular weight is 315 g/mol. The molecule has 0 spiro atoms. The summed E-state index contributed by atoms with van der Waals surface area (Å²) in [5.41, 5.74) is 1.88. The van der Waals surface area contributed by atoms with E-state index >= 15 is 0 Å². The summed E-state index contributed by atoms with van der Waals surface area (Å²) >= 11 is 1.46. The number of carbonyl (C=O) groups excluding carboxylic acids is 2. The Bertz CT molecular complexity index is 696. The SMILES string of the molecule is CC(=O)Nc1cc(C(=O)CSc2ccc(C)cc2)ccc1O. The fourth-order valence-corrected chi connectivity index (χ4v) is 2.66. The molecule has 2 aromatic carbocycles. The van der Waals surface area contributed by atoms with Gasteiger partial charge in [0.25, 0.3) is 0 Å². The third-order valence-electron chi connectivity index (χ3n) is 3.02. The summed E-state index contributed by atoms with van der Waals surface area (Å²) in [7, 11) is 0. The zero-order valence-electron chi connectivity index (χ0n) is 12.4. The van der Waals surface area contributed by atoms with Gasteiger partial charge in [0, 0.05) is 17.4 Å². The standard InChI is InChI=1S/C17H17NO3S/c1-11-3-6-14(7-4-11)22-10-17(21)13-5-8-16(20)15(9-13)18-12(2)19/h3-9,20H,10H2,1-2H3,(H,18,19). The first kappa shape index (κ1) is 16.1. The topological polar surface area (TPSA) is 66.4 Å². The molecule has 0 fully saturated rings. The van der Waals surface area contributed by atoms with Gasteiger partial charge in [-0.15, -0.1) is 11.8 Å². The van der Waals surface area contributed by atoms with Gasteiger partial charge in [0.05, 0.1) is 11.4 Å². The van der Waals surface area contributed by atoms with E-state index in [-0.39, 0.29) is 23.1 Å². The molecule has 114 valence electrons. The van der Waals surface area contributed by atoms with E-state index in [4.69, 9.17) is 0 Å². The number of hydrogen-bond acceptors (Lipinski definition) is 4. The fourth-order valence-electron chi connectivity index (χ4n) is 1.87. The van der Waals surface area contributed by atoms with Gasteiger partial charge in [0.2, 0.25) is 5.91 Å². The summed E-state index contributed by atoms with van der Waals surface area (Å²) in [6, 6.07) is 12.4. The maximum atomic E-state index is 12.2. The van der Waals surface area contributed by atoms with Crippen molar-refractivity contribution in [1.82, 2.24) is 0 Å². The van der Waals surface area contributed by atoms with E-state index in [0.29, 0.717) is 11.3 Å². The minimum Gasteiger partial charge on any atom is -0.506 e. The average Bonchev–Trinajstić information content (AvgIpc) is 2.48. The van der Waals surface area contributed by atoms with Gasteiger partial charge in [-0.25, -0.2) is 0 Å². The molecule has 0 aliphatic rings. The maximum Gasteiger partial charge on any atom is 0.221 e. The molecule has 0 unspecified atom stereocenters. The van der Waals surface area contributed by atoms with Crippen LogP contribution in [0.4, 0.5) is 5.69 Å². The third-order valence-corrected chi connectivity index (χ3v) is 4.03. The Balaban J connectivity index is 2.06. The Hall–Kier alpha value is -2.27. The van der Waals surface area contributed by atoms with Crippen LogP contribution in [0.25, 0.3) is 0 Å². The van der Waals surface area contributed by atoms with E-state index < -0.39 is 0 Å². The number of aromatic hydroxyl groups is 1. The van der Waals surface area contributed by atoms with Gasteiger partial charge >= 0.3 is 0 Å². The summed E-state index contributed by atoms with van der Waals surface area (Å²) in [4.78, 5) is 24.3. The highest BCUT2D eigenvalue weighted by Gasteiger charge is 2.11. The minimum absolute atomic E-state index is 0.0575. The van der Waals surface area contributed by atoms with Crippen LogP contribution in [0.15, 0.2) is 47.4 Å². The van der Waals surface area contributed by atoms with Gasteiger partial charge in [-0.2, -0.15) is 0 Å². The van der Waals surface area contributed by atoms with Crippen molar-refractivity contribution < 1.29 is 14.7 Å². The summed E-state index contributed by atoms with van der Waals surface area (Å²) < 4.78 is 0. The lowest BCUT2D eigenvalue weighted by Gasteiger charge is -2.08. The summed E-state index contributed by atoms with van der Waals surface area (Å²) in [5, 5.41) is 12.2. The molecule has 2 N–H and O–H groups in total. The highest BCUT2D eigenvalue weighted by molar-refractivity contribution is 8.00. The van der Waals surface area contributed by atoms with Crippen LogP contribution >= 0.6 is 11.8 Å². The normalized spacial score (nSPS) is 10.3. The predicted octanol–water partition coefficient (Wildman–Crippen LogP) is 3.63. The molecule has 1 amide bonds. The molecule has 0 bridgehead atoms. The van der Waals surface area contributed by atoms with Gasteiger partial charge in [-0.05, 0) is 37.3 Å². The molecule has 0 aliphatic heterocycles. The zero-order chi connectivity index (χ0) is 16.1. The van der Waals surface area contributed by atoms with Crippen molar-refractivity contribution in [3.05, 3.63) is 53.6 Å². The number of hydrogen-bond donors (Lipinski definition) is 2. The number of anilines is 1. The van der Waals surface area contributed by atoms with Gasteiger partial charge in [0.15, 0.2) is 5.78 Å². The fraction of sp³-hybridized carbons (Fsp3) is 0.176. The van der Waals surface area contributed by atoms with Crippen LogP contribution in [-0.2, 0) is 4.79 Å². The second-order valence-corrected chi connectivity index (χ2v) is 5.99. The molecule has 0 aliphatic carbocycles. The van der Waals surface area contributed by atoms with Crippen molar-refractivity contribution in [3.63, 3.8) is 0 Å². The lowest BCUT2D eigenvalue weighted by atomic mass is 10.1. The molecule has 5 heteroatoms. The second-order valence-electron chi connectivity index (χ2n) is 4.94. The van der Waals surface area contributed by atoms with E-state index in [9.17, 15) is 14.7 Å². The van der Waals surface area contributed by atoms with Gasteiger partial charge in [-0.1, -0.05) is 17.7 Å². The molecule has 4 nitrogen and oxygen atoms in total. The van der Waals surface area contributed by atoms with E-state index in [1.807, 2.05) is 31.2 Å². The first-order valence-electron chi connectivity index (χ1n) is 6.79. The van der Waals surface area contributed by atoms with Crippen LogP contribution in [-0.4, -0.2) is 22.5 Å². The number of nitrogens with one attached hydrogen (secondary N) is 1. The van der Waals surface area contributed by atoms with Crippen LogP contribution in [0.5, 0.6) is 5.75 Å². The van der Waals surface area contributed by atoms with Crippen LogP contribution in [0, 0.1) is 6.92 Å². The van der Waals surface area contributed by atoms with E-state index in [2.05, 4.69) is 5.32 Å². The van der Waals surface area contributed by atoms with Crippen LogP contribution < -0.4 is 5.32 Å². The van der Waals surface area contributed by atoms with Crippen molar-refractivity contribution in [2.75, 3.05) is 11.1 Å². The molecule has 2 aromatic rings. The zero-order valence-corrected chi connectivity index (χ0v) is 13.2. The number of aryl methyl sites for hydroxylation is 1. The molecule has 0 atom stereocenters. The number of rotatable bonds is 5. The first-order valence-corrected chi connectivity index (χ1v) is 7.77.